The van der Waals surface area contributed by atoms with Gasteiger partial charge in [-0.25, -0.2) is 0 Å². The number of likely N-dealkylation sites (tertiary alicyclic amines) is 1. The van der Waals surface area contributed by atoms with Gasteiger partial charge in [-0.15, -0.1) is 0 Å². The summed E-state index contributed by atoms with van der Waals surface area (Å²) >= 11 is 6.14. The van der Waals surface area contributed by atoms with E-state index in [9.17, 15) is 14.4 Å². The number of rotatable bonds is 5. The van der Waals surface area contributed by atoms with Gasteiger partial charge in [0.25, 0.3) is 5.91 Å². The molecule has 28 heavy (non-hydrogen) atoms. The highest BCUT2D eigenvalue weighted by Gasteiger charge is 2.34. The summed E-state index contributed by atoms with van der Waals surface area (Å²) < 4.78 is 0. The van der Waals surface area contributed by atoms with Crippen LogP contribution in [0.5, 0.6) is 0 Å². The van der Waals surface area contributed by atoms with E-state index in [4.69, 9.17) is 11.6 Å². The van der Waals surface area contributed by atoms with Crippen molar-refractivity contribution in [2.24, 2.45) is 0 Å². The first-order valence-electron chi connectivity index (χ1n) is 9.15. The van der Waals surface area contributed by atoms with Crippen molar-refractivity contribution in [3.05, 3.63) is 64.7 Å². The molecule has 1 atom stereocenters. The molecule has 3 rings (SSSR count). The van der Waals surface area contributed by atoms with E-state index in [2.05, 4.69) is 10.6 Å². The highest BCUT2D eigenvalue weighted by molar-refractivity contribution is 6.34. The Hall–Kier alpha value is -2.86. The van der Waals surface area contributed by atoms with Crippen LogP contribution in [0.4, 0.5) is 5.69 Å². The van der Waals surface area contributed by atoms with E-state index < -0.39 is 6.04 Å². The van der Waals surface area contributed by atoms with E-state index in [1.54, 1.807) is 17.0 Å². The highest BCUT2D eigenvalue weighted by atomic mass is 35.5. The maximum Gasteiger partial charge on any atom is 0.252 e. The lowest BCUT2D eigenvalue weighted by Gasteiger charge is -2.24. The van der Waals surface area contributed by atoms with Crippen LogP contribution in [0.15, 0.2) is 48.5 Å². The van der Waals surface area contributed by atoms with E-state index in [-0.39, 0.29) is 29.2 Å². The zero-order chi connectivity index (χ0) is 20.1. The van der Waals surface area contributed by atoms with Crippen molar-refractivity contribution in [2.75, 3.05) is 18.9 Å². The third-order valence-corrected chi connectivity index (χ3v) is 5.09. The number of halogens is 1. The van der Waals surface area contributed by atoms with Crippen LogP contribution in [0, 0.1) is 0 Å². The van der Waals surface area contributed by atoms with Crippen LogP contribution in [-0.4, -0.2) is 42.3 Å². The fraction of sp³-hybridized carbons (Fsp3) is 0.286. The lowest BCUT2D eigenvalue weighted by Crippen LogP contribution is -2.43. The van der Waals surface area contributed by atoms with Gasteiger partial charge in [-0.05, 0) is 36.6 Å². The third kappa shape index (κ3) is 4.51. The first-order valence-corrected chi connectivity index (χ1v) is 9.53. The Labute approximate surface area is 168 Å². The van der Waals surface area contributed by atoms with Gasteiger partial charge < -0.3 is 15.5 Å². The second kappa shape index (κ2) is 8.89. The molecule has 1 aliphatic heterocycles. The van der Waals surface area contributed by atoms with E-state index in [0.717, 1.165) is 12.0 Å². The number of hydrogen-bond donors (Lipinski definition) is 2. The fourth-order valence-electron chi connectivity index (χ4n) is 3.35. The topological polar surface area (TPSA) is 78.5 Å². The molecule has 0 bridgehead atoms. The van der Waals surface area contributed by atoms with Crippen molar-refractivity contribution >= 4 is 35.0 Å². The van der Waals surface area contributed by atoms with Crippen molar-refractivity contribution in [3.8, 4) is 0 Å². The van der Waals surface area contributed by atoms with Crippen LogP contribution in [0.25, 0.3) is 0 Å². The Balaban J connectivity index is 1.67. The predicted octanol–water partition coefficient (Wildman–Crippen LogP) is 2.87. The molecule has 3 amide bonds. The monoisotopic (exact) mass is 399 g/mol. The molecule has 0 saturated carbocycles. The Morgan fingerprint density at radius 3 is 2.57 bits per heavy atom. The maximum absolute atomic E-state index is 12.7. The molecule has 1 unspecified atom stereocenters. The van der Waals surface area contributed by atoms with Gasteiger partial charge in [-0.2, -0.15) is 0 Å². The molecule has 7 heteroatoms. The van der Waals surface area contributed by atoms with E-state index in [1.165, 1.54) is 13.1 Å². The SMILES string of the molecule is CNC(=O)c1ccc(NC(=O)C2CCCN2C(=O)Cc2ccccc2)cc1Cl. The average Bonchev–Trinajstić information content (AvgIpc) is 3.18. The summed E-state index contributed by atoms with van der Waals surface area (Å²) in [6.45, 7) is 0.570. The predicted molar refractivity (Wildman–Crippen MR) is 108 cm³/mol. The smallest absolute Gasteiger partial charge is 0.252 e. The fourth-order valence-corrected chi connectivity index (χ4v) is 3.61. The summed E-state index contributed by atoms with van der Waals surface area (Å²) in [6, 6.07) is 13.7. The van der Waals surface area contributed by atoms with Gasteiger partial charge in [0.2, 0.25) is 11.8 Å². The largest absolute Gasteiger partial charge is 0.355 e. The minimum atomic E-state index is -0.506. The molecule has 0 radical (unpaired) electrons. The zero-order valence-electron chi connectivity index (χ0n) is 15.6. The number of amides is 3. The van der Waals surface area contributed by atoms with Gasteiger partial charge >= 0.3 is 0 Å². The lowest BCUT2D eigenvalue weighted by molar-refractivity contribution is -0.136. The Bertz CT molecular complexity index is 886. The molecule has 2 aromatic rings. The molecule has 146 valence electrons. The molecule has 6 nitrogen and oxygen atoms in total. The Morgan fingerprint density at radius 1 is 1.14 bits per heavy atom. The van der Waals surface area contributed by atoms with Crippen LogP contribution in [-0.2, 0) is 16.0 Å². The number of benzene rings is 2. The summed E-state index contributed by atoms with van der Waals surface area (Å²) in [6.07, 6.45) is 1.68. The molecule has 1 heterocycles. The van der Waals surface area contributed by atoms with Gasteiger partial charge in [0.15, 0.2) is 0 Å². The van der Waals surface area contributed by atoms with Gasteiger partial charge in [0.1, 0.15) is 6.04 Å². The van der Waals surface area contributed by atoms with Crippen LogP contribution in [0.1, 0.15) is 28.8 Å². The molecule has 2 aromatic carbocycles. The van der Waals surface area contributed by atoms with Crippen molar-refractivity contribution in [3.63, 3.8) is 0 Å². The molecule has 1 fully saturated rings. The molecule has 0 spiro atoms. The number of anilines is 1. The molecule has 2 N–H and O–H groups in total. The highest BCUT2D eigenvalue weighted by Crippen LogP contribution is 2.24. The summed E-state index contributed by atoms with van der Waals surface area (Å²) in [7, 11) is 1.52. The quantitative estimate of drug-likeness (QED) is 0.811. The molecule has 0 aliphatic carbocycles. The summed E-state index contributed by atoms with van der Waals surface area (Å²) in [5, 5.41) is 5.57. The van der Waals surface area contributed by atoms with E-state index in [0.29, 0.717) is 24.2 Å². The number of nitrogens with one attached hydrogen (secondary N) is 2. The van der Waals surface area contributed by atoms with Crippen molar-refractivity contribution in [1.82, 2.24) is 10.2 Å². The minimum Gasteiger partial charge on any atom is -0.355 e. The first-order chi connectivity index (χ1) is 13.5. The van der Waals surface area contributed by atoms with Gasteiger partial charge in [0.05, 0.1) is 17.0 Å². The third-order valence-electron chi connectivity index (χ3n) is 4.78. The molecular weight excluding hydrogens is 378 g/mol. The normalized spacial score (nSPS) is 15.9. The van der Waals surface area contributed by atoms with Crippen LogP contribution < -0.4 is 10.6 Å². The summed E-state index contributed by atoms with van der Waals surface area (Å²) in [5.74, 6) is -0.601. The maximum atomic E-state index is 12.7. The Morgan fingerprint density at radius 2 is 1.89 bits per heavy atom. The van der Waals surface area contributed by atoms with E-state index in [1.807, 2.05) is 30.3 Å². The van der Waals surface area contributed by atoms with E-state index >= 15 is 0 Å². The average molecular weight is 400 g/mol. The van der Waals surface area contributed by atoms with Crippen molar-refractivity contribution in [1.29, 1.82) is 0 Å². The number of carbonyl (C=O) groups excluding carboxylic acids is 3. The van der Waals surface area contributed by atoms with Crippen LogP contribution in [0.2, 0.25) is 5.02 Å². The second-order valence-corrected chi connectivity index (χ2v) is 7.08. The van der Waals surface area contributed by atoms with Crippen molar-refractivity contribution < 1.29 is 14.4 Å². The summed E-state index contributed by atoms with van der Waals surface area (Å²) in [4.78, 5) is 38.8. The molecular formula is C21H22ClN3O3. The van der Waals surface area contributed by atoms with Gasteiger partial charge in [-0.1, -0.05) is 41.9 Å². The summed E-state index contributed by atoms with van der Waals surface area (Å²) in [5.41, 5.74) is 1.75. The van der Waals surface area contributed by atoms with Gasteiger partial charge in [-0.3, -0.25) is 14.4 Å². The number of carbonyl (C=O) groups is 3. The zero-order valence-corrected chi connectivity index (χ0v) is 16.3. The molecule has 1 saturated heterocycles. The van der Waals surface area contributed by atoms with Crippen molar-refractivity contribution in [2.45, 2.75) is 25.3 Å². The Kier molecular flexibility index (Phi) is 6.31. The lowest BCUT2D eigenvalue weighted by atomic mass is 10.1. The minimum absolute atomic E-state index is 0.0585. The molecule has 0 aromatic heterocycles. The standard InChI is InChI=1S/C21H22ClN3O3/c1-23-20(27)16-10-9-15(13-17(16)22)24-21(28)18-8-5-11-25(18)19(26)12-14-6-3-2-4-7-14/h2-4,6-7,9-10,13,18H,5,8,11-12H2,1H3,(H,23,27)(H,24,28). The second-order valence-electron chi connectivity index (χ2n) is 6.67. The first kappa shape index (κ1) is 19.9. The number of hydrogen-bond acceptors (Lipinski definition) is 3. The molecule has 1 aliphatic rings. The number of nitrogens with zero attached hydrogens (tertiary/aromatic N) is 1. The van der Waals surface area contributed by atoms with Crippen LogP contribution in [0.3, 0.4) is 0 Å². The van der Waals surface area contributed by atoms with Gasteiger partial charge in [0, 0.05) is 19.3 Å². The van der Waals surface area contributed by atoms with Crippen LogP contribution >= 0.6 is 11.6 Å².